The maximum atomic E-state index is 13.3. The molecule has 0 aromatic carbocycles. The fourth-order valence-electron chi connectivity index (χ4n) is 3.34. The summed E-state index contributed by atoms with van der Waals surface area (Å²) >= 11 is 0. The highest BCUT2D eigenvalue weighted by Gasteiger charge is 2.37. The average Bonchev–Trinajstić information content (AvgIpc) is 2.72. The minimum Gasteiger partial charge on any atom is -0.481 e. The number of nitrogens with zero attached hydrogens (tertiary/aromatic N) is 4. The van der Waals surface area contributed by atoms with Gasteiger partial charge in [-0.25, -0.2) is 9.97 Å². The van der Waals surface area contributed by atoms with Crippen LogP contribution in [0.1, 0.15) is 28.8 Å². The Hall–Kier alpha value is -2.84. The van der Waals surface area contributed by atoms with Gasteiger partial charge in [-0.2, -0.15) is 13.2 Å². The van der Waals surface area contributed by atoms with Crippen LogP contribution < -0.4 is 9.64 Å². The van der Waals surface area contributed by atoms with Crippen LogP contribution in [0, 0.1) is 0 Å². The van der Waals surface area contributed by atoms with Crippen molar-refractivity contribution in [1.82, 2.24) is 14.9 Å². The minimum absolute atomic E-state index is 0.125. The lowest BCUT2D eigenvalue weighted by Crippen LogP contribution is -2.49. The van der Waals surface area contributed by atoms with E-state index in [0.717, 1.165) is 6.07 Å². The number of alkyl halides is 3. The number of anilines is 1. The van der Waals surface area contributed by atoms with E-state index in [-0.39, 0.29) is 17.8 Å². The highest BCUT2D eigenvalue weighted by molar-refractivity contribution is 5.94. The molecule has 28 heavy (non-hydrogen) atoms. The summed E-state index contributed by atoms with van der Waals surface area (Å²) in [5, 5.41) is 0. The van der Waals surface area contributed by atoms with Crippen molar-refractivity contribution in [3.05, 3.63) is 47.8 Å². The third kappa shape index (κ3) is 4.18. The first-order chi connectivity index (χ1) is 13.3. The summed E-state index contributed by atoms with van der Waals surface area (Å²) in [4.78, 5) is 23.9. The largest absolute Gasteiger partial charge is 0.481 e. The third-order valence-corrected chi connectivity index (χ3v) is 4.85. The van der Waals surface area contributed by atoms with E-state index in [0.29, 0.717) is 37.4 Å². The molecule has 1 saturated heterocycles. The first-order valence-electron chi connectivity index (χ1n) is 8.85. The molecule has 0 radical (unpaired) electrons. The van der Waals surface area contributed by atoms with Gasteiger partial charge in [-0.1, -0.05) is 0 Å². The van der Waals surface area contributed by atoms with Crippen LogP contribution in [0.3, 0.4) is 0 Å². The van der Waals surface area contributed by atoms with Crippen molar-refractivity contribution < 1.29 is 22.7 Å². The molecule has 1 aliphatic heterocycles. The smallest absolute Gasteiger partial charge is 0.419 e. The van der Waals surface area contributed by atoms with Gasteiger partial charge < -0.3 is 14.5 Å². The molecule has 9 heteroatoms. The Bertz CT molecular complexity index is 827. The van der Waals surface area contributed by atoms with Crippen molar-refractivity contribution in [2.75, 3.05) is 32.1 Å². The van der Waals surface area contributed by atoms with Crippen molar-refractivity contribution in [2.45, 2.75) is 25.1 Å². The maximum absolute atomic E-state index is 13.3. The maximum Gasteiger partial charge on any atom is 0.419 e. The highest BCUT2D eigenvalue weighted by Crippen LogP contribution is 2.36. The van der Waals surface area contributed by atoms with Gasteiger partial charge in [0, 0.05) is 44.6 Å². The van der Waals surface area contributed by atoms with Crippen LogP contribution in [0.25, 0.3) is 0 Å². The molecule has 0 bridgehead atoms. The Morgan fingerprint density at radius 2 is 2.07 bits per heavy atom. The second-order valence-corrected chi connectivity index (χ2v) is 6.62. The van der Waals surface area contributed by atoms with E-state index in [1.54, 1.807) is 24.1 Å². The quantitative estimate of drug-likeness (QED) is 0.797. The molecule has 1 aliphatic rings. The number of carbonyl (C=O) groups excluding carboxylic acids is 1. The van der Waals surface area contributed by atoms with Crippen LogP contribution >= 0.6 is 0 Å². The van der Waals surface area contributed by atoms with Gasteiger partial charge in [0.25, 0.3) is 5.91 Å². The number of aromatic nitrogens is 2. The zero-order valence-corrected chi connectivity index (χ0v) is 15.6. The Kier molecular flexibility index (Phi) is 5.71. The van der Waals surface area contributed by atoms with Crippen LogP contribution in [0.2, 0.25) is 0 Å². The van der Waals surface area contributed by atoms with E-state index in [9.17, 15) is 18.0 Å². The van der Waals surface area contributed by atoms with Gasteiger partial charge in [0.1, 0.15) is 5.82 Å². The zero-order chi connectivity index (χ0) is 20.3. The van der Waals surface area contributed by atoms with Gasteiger partial charge >= 0.3 is 6.18 Å². The Labute approximate surface area is 160 Å². The topological polar surface area (TPSA) is 58.6 Å². The van der Waals surface area contributed by atoms with Crippen molar-refractivity contribution in [3.8, 4) is 5.88 Å². The monoisotopic (exact) mass is 394 g/mol. The summed E-state index contributed by atoms with van der Waals surface area (Å²) in [5.41, 5.74) is -0.363. The minimum atomic E-state index is -4.49. The molecule has 150 valence electrons. The first-order valence-corrected chi connectivity index (χ1v) is 8.85. The van der Waals surface area contributed by atoms with Crippen molar-refractivity contribution in [2.24, 2.45) is 0 Å². The molecule has 1 unspecified atom stereocenters. The van der Waals surface area contributed by atoms with Gasteiger partial charge in [-0.15, -0.1) is 0 Å². The lowest BCUT2D eigenvalue weighted by Gasteiger charge is -2.38. The first kappa shape index (κ1) is 19.9. The molecular weight excluding hydrogens is 373 g/mol. The van der Waals surface area contributed by atoms with E-state index in [1.165, 1.54) is 30.5 Å². The molecule has 0 spiro atoms. The molecule has 3 rings (SSSR count). The summed E-state index contributed by atoms with van der Waals surface area (Å²) in [7, 11) is 3.08. The van der Waals surface area contributed by atoms with E-state index < -0.39 is 11.7 Å². The van der Waals surface area contributed by atoms with Crippen LogP contribution in [0.15, 0.2) is 36.7 Å². The number of hydrogen-bond acceptors (Lipinski definition) is 5. The molecule has 2 aromatic heterocycles. The normalized spacial score (nSPS) is 17.3. The summed E-state index contributed by atoms with van der Waals surface area (Å²) < 4.78 is 44.9. The van der Waals surface area contributed by atoms with Crippen LogP contribution in [-0.4, -0.2) is 54.1 Å². The number of amides is 1. The number of halogens is 3. The van der Waals surface area contributed by atoms with Crippen molar-refractivity contribution in [1.29, 1.82) is 0 Å². The summed E-state index contributed by atoms with van der Waals surface area (Å²) in [6.07, 6.45) is -0.338. The Balaban J connectivity index is 1.77. The predicted octanol–water partition coefficient (Wildman–Crippen LogP) is 3.25. The second kappa shape index (κ2) is 8.04. The lowest BCUT2D eigenvalue weighted by molar-refractivity contribution is -0.137. The SMILES string of the molecule is COc1ccc(C(=O)N2CCCC(N(C)c3ncccc3C(F)(F)F)C2)cn1. The molecule has 0 N–H and O–H groups in total. The van der Waals surface area contributed by atoms with Crippen LogP contribution in [-0.2, 0) is 6.18 Å². The molecule has 1 amide bonds. The lowest BCUT2D eigenvalue weighted by atomic mass is 10.0. The molecule has 0 saturated carbocycles. The summed E-state index contributed by atoms with van der Waals surface area (Å²) in [5.74, 6) is 0.0772. The number of rotatable bonds is 4. The fourth-order valence-corrected chi connectivity index (χ4v) is 3.34. The third-order valence-electron chi connectivity index (χ3n) is 4.85. The number of likely N-dealkylation sites (tertiary alicyclic amines) is 1. The van der Waals surface area contributed by atoms with Gasteiger partial charge in [-0.05, 0) is 31.0 Å². The average molecular weight is 394 g/mol. The molecular formula is C19H21F3N4O2. The van der Waals surface area contributed by atoms with E-state index in [2.05, 4.69) is 9.97 Å². The predicted molar refractivity (Wildman–Crippen MR) is 97.4 cm³/mol. The number of likely N-dealkylation sites (N-methyl/N-ethyl adjacent to an activating group) is 1. The Morgan fingerprint density at radius 1 is 1.29 bits per heavy atom. The number of hydrogen-bond donors (Lipinski definition) is 0. The number of carbonyl (C=O) groups is 1. The fraction of sp³-hybridized carbons (Fsp3) is 0.421. The molecule has 3 heterocycles. The number of methoxy groups -OCH3 is 1. The van der Waals surface area contributed by atoms with Crippen molar-refractivity contribution in [3.63, 3.8) is 0 Å². The number of ether oxygens (including phenoxy) is 1. The van der Waals surface area contributed by atoms with E-state index >= 15 is 0 Å². The van der Waals surface area contributed by atoms with E-state index in [4.69, 9.17) is 4.74 Å². The Morgan fingerprint density at radius 3 is 2.71 bits per heavy atom. The zero-order valence-electron chi connectivity index (χ0n) is 15.6. The van der Waals surface area contributed by atoms with Gasteiger partial charge in [-0.3, -0.25) is 4.79 Å². The highest BCUT2D eigenvalue weighted by atomic mass is 19.4. The molecule has 1 atom stereocenters. The molecule has 6 nitrogen and oxygen atoms in total. The van der Waals surface area contributed by atoms with Gasteiger partial charge in [0.05, 0.1) is 18.2 Å². The van der Waals surface area contributed by atoms with Crippen LogP contribution in [0.4, 0.5) is 19.0 Å². The van der Waals surface area contributed by atoms with Crippen LogP contribution in [0.5, 0.6) is 5.88 Å². The van der Waals surface area contributed by atoms with E-state index in [1.807, 2.05) is 0 Å². The van der Waals surface area contributed by atoms with Crippen molar-refractivity contribution >= 4 is 11.7 Å². The second-order valence-electron chi connectivity index (χ2n) is 6.62. The number of pyridine rings is 2. The molecule has 0 aliphatic carbocycles. The standard InChI is InChI=1S/C19H21F3N4O2/c1-25(17-15(19(20,21)22)6-3-9-23-17)14-5-4-10-26(12-14)18(27)13-7-8-16(28-2)24-11-13/h3,6-9,11,14H,4-5,10,12H2,1-2H3. The van der Waals surface area contributed by atoms with Gasteiger partial charge in [0.2, 0.25) is 5.88 Å². The summed E-state index contributed by atoms with van der Waals surface area (Å²) in [6.45, 7) is 0.860. The van der Waals surface area contributed by atoms with Gasteiger partial charge in [0.15, 0.2) is 0 Å². The number of piperidine rings is 1. The summed E-state index contributed by atoms with van der Waals surface area (Å²) in [6, 6.07) is 5.26. The molecule has 2 aromatic rings. The molecule has 1 fully saturated rings.